The summed E-state index contributed by atoms with van der Waals surface area (Å²) >= 11 is 6.42. The summed E-state index contributed by atoms with van der Waals surface area (Å²) in [6.07, 6.45) is 0. The zero-order valence-electron chi connectivity index (χ0n) is 20.7. The third kappa shape index (κ3) is 4.29. The Bertz CT molecular complexity index is 1880. The van der Waals surface area contributed by atoms with Gasteiger partial charge in [-0.1, -0.05) is 66.7 Å². The summed E-state index contributed by atoms with van der Waals surface area (Å²) in [5.41, 5.74) is 6.30. The van der Waals surface area contributed by atoms with Crippen LogP contribution in [0.15, 0.2) is 132 Å². The van der Waals surface area contributed by atoms with E-state index in [0.29, 0.717) is 11.6 Å². The highest BCUT2D eigenvalue weighted by Gasteiger charge is 2.17. The maximum absolute atomic E-state index is 6.42. The minimum Gasteiger partial charge on any atom is -0.455 e. The van der Waals surface area contributed by atoms with E-state index in [1.165, 1.54) is 0 Å². The summed E-state index contributed by atoms with van der Waals surface area (Å²) in [5.74, 6) is 0.963. The minimum atomic E-state index is 0.127. The molecule has 0 radical (unpaired) electrons. The summed E-state index contributed by atoms with van der Waals surface area (Å²) in [7, 11) is 0. The van der Waals surface area contributed by atoms with Crippen molar-refractivity contribution in [2.24, 2.45) is 0 Å². The molecule has 2 aromatic heterocycles. The van der Waals surface area contributed by atoms with Crippen LogP contribution >= 0.6 is 11.6 Å². The lowest BCUT2D eigenvalue weighted by atomic mass is 10.1. The Hall–Kier alpha value is -5.00. The molecule has 0 saturated carbocycles. The minimum absolute atomic E-state index is 0.127. The van der Waals surface area contributed by atoms with Gasteiger partial charge < -0.3 is 9.32 Å². The zero-order valence-corrected chi connectivity index (χ0v) is 21.5. The Kier molecular flexibility index (Phi) is 5.76. The lowest BCUT2D eigenvalue weighted by molar-refractivity contribution is 0.669. The van der Waals surface area contributed by atoms with Gasteiger partial charge in [-0.2, -0.15) is 9.97 Å². The number of halogens is 1. The number of fused-ring (bicyclic) bond motifs is 3. The van der Waals surface area contributed by atoms with E-state index < -0.39 is 0 Å². The highest BCUT2D eigenvalue weighted by atomic mass is 35.5. The Morgan fingerprint density at radius 2 is 1.10 bits per heavy atom. The molecule has 6 heteroatoms. The number of aromatic nitrogens is 3. The Labute approximate surface area is 230 Å². The van der Waals surface area contributed by atoms with Gasteiger partial charge in [0, 0.05) is 33.4 Å². The van der Waals surface area contributed by atoms with Crippen molar-refractivity contribution in [1.29, 1.82) is 0 Å². The molecule has 2 heterocycles. The summed E-state index contributed by atoms with van der Waals surface area (Å²) < 4.78 is 6.20. The average Bonchev–Trinajstić information content (AvgIpc) is 3.37. The van der Waals surface area contributed by atoms with Crippen molar-refractivity contribution < 1.29 is 4.42 Å². The van der Waals surface area contributed by atoms with E-state index in [0.717, 1.165) is 50.1 Å². The van der Waals surface area contributed by atoms with Crippen LogP contribution in [0.25, 0.3) is 44.7 Å². The first-order chi connectivity index (χ1) is 19.2. The lowest BCUT2D eigenvalue weighted by Gasteiger charge is -2.25. The zero-order chi connectivity index (χ0) is 26.2. The molecule has 0 saturated heterocycles. The molecule has 0 aliphatic carbocycles. The van der Waals surface area contributed by atoms with E-state index in [1.807, 2.05) is 91.0 Å². The van der Waals surface area contributed by atoms with Gasteiger partial charge in [0.25, 0.3) is 0 Å². The molecule has 0 N–H and O–H groups in total. The number of hydrogen-bond acceptors (Lipinski definition) is 5. The highest BCUT2D eigenvalue weighted by molar-refractivity contribution is 6.28. The van der Waals surface area contributed by atoms with Gasteiger partial charge in [-0.3, -0.25) is 0 Å². The molecular formula is C33H21ClN4O. The number of benzene rings is 5. The summed E-state index contributed by atoms with van der Waals surface area (Å²) in [6.45, 7) is 0. The van der Waals surface area contributed by atoms with E-state index in [2.05, 4.69) is 51.3 Å². The second-order valence-corrected chi connectivity index (χ2v) is 9.42. The molecule has 7 rings (SSSR count). The fraction of sp³-hybridized carbons (Fsp3) is 0. The largest absolute Gasteiger partial charge is 0.455 e. The van der Waals surface area contributed by atoms with Crippen LogP contribution in [0.3, 0.4) is 0 Å². The second kappa shape index (κ2) is 9.71. The number of para-hydroxylation sites is 4. The average molecular weight is 525 g/mol. The van der Waals surface area contributed by atoms with Crippen LogP contribution in [0.4, 0.5) is 17.1 Å². The third-order valence-corrected chi connectivity index (χ3v) is 6.83. The summed E-state index contributed by atoms with van der Waals surface area (Å²) in [6, 6.07) is 42.6. The van der Waals surface area contributed by atoms with Crippen LogP contribution in [0.2, 0.25) is 5.28 Å². The molecule has 0 amide bonds. The van der Waals surface area contributed by atoms with Crippen molar-refractivity contribution in [3.63, 3.8) is 0 Å². The van der Waals surface area contributed by atoms with Gasteiger partial charge in [0.15, 0.2) is 11.6 Å². The van der Waals surface area contributed by atoms with Gasteiger partial charge in [0.05, 0.1) is 5.56 Å². The predicted molar refractivity (Wildman–Crippen MR) is 158 cm³/mol. The van der Waals surface area contributed by atoms with E-state index in [4.69, 9.17) is 21.0 Å². The van der Waals surface area contributed by atoms with Crippen LogP contribution < -0.4 is 4.90 Å². The predicted octanol–water partition coefficient (Wildman–Crippen LogP) is 9.23. The quantitative estimate of drug-likeness (QED) is 0.224. The first kappa shape index (κ1) is 23.1. The monoisotopic (exact) mass is 524 g/mol. The molecular weight excluding hydrogens is 504 g/mol. The Balaban J connectivity index is 1.30. The van der Waals surface area contributed by atoms with Gasteiger partial charge in [-0.15, -0.1) is 0 Å². The van der Waals surface area contributed by atoms with Crippen molar-refractivity contribution in [3.05, 3.63) is 133 Å². The normalized spacial score (nSPS) is 11.2. The highest BCUT2D eigenvalue weighted by Crippen LogP contribution is 2.37. The van der Waals surface area contributed by atoms with Gasteiger partial charge in [0.2, 0.25) is 5.28 Å². The van der Waals surface area contributed by atoms with Crippen molar-refractivity contribution in [2.75, 3.05) is 4.90 Å². The number of furan rings is 1. The first-order valence-electron chi connectivity index (χ1n) is 12.6. The smallest absolute Gasteiger partial charge is 0.226 e. The topological polar surface area (TPSA) is 55.1 Å². The molecule has 7 aromatic rings. The molecule has 0 aliphatic rings. The Morgan fingerprint density at radius 1 is 0.513 bits per heavy atom. The van der Waals surface area contributed by atoms with Crippen LogP contribution in [-0.2, 0) is 0 Å². The molecule has 0 atom stereocenters. The fourth-order valence-electron chi connectivity index (χ4n) is 4.88. The van der Waals surface area contributed by atoms with Gasteiger partial charge in [-0.25, -0.2) is 4.98 Å². The maximum Gasteiger partial charge on any atom is 0.226 e. The number of nitrogens with zero attached hydrogens (tertiary/aromatic N) is 4. The summed E-state index contributed by atoms with van der Waals surface area (Å²) in [4.78, 5) is 15.9. The maximum atomic E-state index is 6.42. The molecule has 0 unspecified atom stereocenters. The van der Waals surface area contributed by atoms with Crippen LogP contribution in [0, 0.1) is 0 Å². The molecule has 5 aromatic carbocycles. The number of hydrogen-bond donors (Lipinski definition) is 0. The molecule has 5 nitrogen and oxygen atoms in total. The number of anilines is 3. The molecule has 0 bridgehead atoms. The van der Waals surface area contributed by atoms with Crippen molar-refractivity contribution in [1.82, 2.24) is 15.0 Å². The molecule has 186 valence electrons. The molecule has 0 spiro atoms. The van der Waals surface area contributed by atoms with Gasteiger partial charge >= 0.3 is 0 Å². The molecule has 0 aliphatic heterocycles. The third-order valence-electron chi connectivity index (χ3n) is 6.67. The van der Waals surface area contributed by atoms with Crippen LogP contribution in [0.5, 0.6) is 0 Å². The SMILES string of the molecule is Clc1nc(-c2ccc(N(c3ccccc3)c3ccccc3)cc2)nc(-c2cccc3c2oc2ccccc23)n1. The van der Waals surface area contributed by atoms with Gasteiger partial charge in [-0.05, 0) is 72.3 Å². The van der Waals surface area contributed by atoms with Crippen molar-refractivity contribution in [2.45, 2.75) is 0 Å². The van der Waals surface area contributed by atoms with E-state index in [9.17, 15) is 0 Å². The van der Waals surface area contributed by atoms with Crippen LogP contribution in [0.1, 0.15) is 0 Å². The van der Waals surface area contributed by atoms with E-state index in [1.54, 1.807) is 0 Å². The standard InChI is InChI=1S/C33H21ClN4O/c34-33-36-31(35-32(37-33)28-16-9-15-27-26-14-7-8-17-29(26)39-30(27)28)22-18-20-25(21-19-22)38(23-10-3-1-4-11-23)24-12-5-2-6-13-24/h1-21H. The van der Waals surface area contributed by atoms with Crippen LogP contribution in [-0.4, -0.2) is 15.0 Å². The second-order valence-electron chi connectivity index (χ2n) is 9.09. The van der Waals surface area contributed by atoms with E-state index >= 15 is 0 Å². The Morgan fingerprint density at radius 3 is 1.82 bits per heavy atom. The first-order valence-corrected chi connectivity index (χ1v) is 13.0. The van der Waals surface area contributed by atoms with Gasteiger partial charge in [0.1, 0.15) is 11.2 Å². The van der Waals surface area contributed by atoms with E-state index in [-0.39, 0.29) is 5.28 Å². The van der Waals surface area contributed by atoms with Crippen molar-refractivity contribution >= 4 is 50.6 Å². The molecule has 0 fully saturated rings. The number of rotatable bonds is 5. The molecule has 39 heavy (non-hydrogen) atoms. The van der Waals surface area contributed by atoms with Crippen molar-refractivity contribution in [3.8, 4) is 22.8 Å². The fourth-order valence-corrected chi connectivity index (χ4v) is 5.04. The summed E-state index contributed by atoms with van der Waals surface area (Å²) in [5, 5.41) is 2.18. The lowest BCUT2D eigenvalue weighted by Crippen LogP contribution is -2.09.